The molecule has 0 spiro atoms. The van der Waals surface area contributed by atoms with Crippen molar-refractivity contribution in [1.82, 2.24) is 15.1 Å². The molecule has 2 saturated heterocycles. The second kappa shape index (κ2) is 8.73. The number of anilines is 1. The molecule has 4 nitrogen and oxygen atoms in total. The minimum absolute atomic E-state index is 0.143. The highest BCUT2D eigenvalue weighted by Crippen LogP contribution is 2.69. The van der Waals surface area contributed by atoms with Gasteiger partial charge >= 0.3 is 0 Å². The van der Waals surface area contributed by atoms with Crippen LogP contribution in [0.1, 0.15) is 72.1 Å². The van der Waals surface area contributed by atoms with Crippen LogP contribution in [0.3, 0.4) is 0 Å². The summed E-state index contributed by atoms with van der Waals surface area (Å²) in [6, 6.07) is 10.5. The number of para-hydroxylation sites is 1. The molecule has 3 fully saturated rings. The molecule has 2 unspecified atom stereocenters. The fourth-order valence-corrected chi connectivity index (χ4v) is 7.16. The van der Waals surface area contributed by atoms with Gasteiger partial charge in [0.2, 0.25) is 0 Å². The van der Waals surface area contributed by atoms with Crippen LogP contribution < -0.4 is 5.32 Å². The summed E-state index contributed by atoms with van der Waals surface area (Å²) in [6.07, 6.45) is 10.4. The lowest BCUT2D eigenvalue weighted by atomic mass is 9.69. The molecule has 2 aliphatic carbocycles. The molecule has 0 radical (unpaired) electrons. The summed E-state index contributed by atoms with van der Waals surface area (Å²) < 4.78 is 0. The largest absolute Gasteiger partial charge is 0.346 e. The van der Waals surface area contributed by atoms with Crippen LogP contribution in [-0.2, 0) is 0 Å². The molecule has 0 amide bonds. The van der Waals surface area contributed by atoms with Gasteiger partial charge in [0.05, 0.1) is 5.70 Å². The van der Waals surface area contributed by atoms with Gasteiger partial charge in [0, 0.05) is 42.9 Å². The summed E-state index contributed by atoms with van der Waals surface area (Å²) in [5.41, 5.74) is 4.38. The first-order chi connectivity index (χ1) is 15.4. The first-order valence-corrected chi connectivity index (χ1v) is 13.3. The topological polar surface area (TPSA) is 21.8 Å². The smallest absolute Gasteiger partial charge is 0.109 e. The standard InChI is InChI=1S/C27H40N4S/c1-26(2)22-15-16-27(26,3)24(23(22)25(32)28-21-13-7-4-8-14-21)31(29-17-9-5-10-18-29)30-19-11-6-12-20-30/h4,7-8,13-14,22H,5-6,9-12,15-20H2,1-3H3,(H,28,32). The van der Waals surface area contributed by atoms with Gasteiger partial charge in [-0.05, 0) is 62.0 Å². The molecule has 1 N–H and O–H groups in total. The number of thiocarbonyl (C=S) groups is 1. The molecule has 1 saturated carbocycles. The van der Waals surface area contributed by atoms with E-state index >= 15 is 0 Å². The molecule has 5 heteroatoms. The Hall–Kier alpha value is -1.43. The number of allylic oxidation sites excluding steroid dienone is 1. The van der Waals surface area contributed by atoms with Gasteiger partial charge in [0.15, 0.2) is 0 Å². The fourth-order valence-electron chi connectivity index (χ4n) is 6.80. The van der Waals surface area contributed by atoms with Crippen molar-refractivity contribution in [2.45, 2.75) is 72.1 Å². The number of hydrogen-bond donors (Lipinski definition) is 1. The summed E-state index contributed by atoms with van der Waals surface area (Å²) in [4.78, 5) is 0.937. The third kappa shape index (κ3) is 3.61. The monoisotopic (exact) mass is 452 g/mol. The lowest BCUT2D eigenvalue weighted by Crippen LogP contribution is -2.58. The number of nitrogens with zero attached hydrogens (tertiary/aromatic N) is 3. The minimum atomic E-state index is 0.143. The molecule has 2 atom stereocenters. The number of hydrazine groups is 2. The molecule has 0 aromatic heterocycles. The van der Waals surface area contributed by atoms with E-state index in [9.17, 15) is 0 Å². The van der Waals surface area contributed by atoms with Gasteiger partial charge in [-0.1, -0.05) is 64.0 Å². The Morgan fingerprint density at radius 3 is 2.03 bits per heavy atom. The van der Waals surface area contributed by atoms with Crippen molar-refractivity contribution in [2.75, 3.05) is 31.5 Å². The van der Waals surface area contributed by atoms with E-state index in [1.165, 1.54) is 62.6 Å². The van der Waals surface area contributed by atoms with Gasteiger partial charge in [0.1, 0.15) is 4.99 Å². The zero-order valence-corrected chi connectivity index (χ0v) is 21.0. The van der Waals surface area contributed by atoms with Crippen LogP contribution >= 0.6 is 12.2 Å². The first kappa shape index (κ1) is 22.4. The van der Waals surface area contributed by atoms with Crippen molar-refractivity contribution in [1.29, 1.82) is 0 Å². The van der Waals surface area contributed by atoms with E-state index in [1.54, 1.807) is 0 Å². The zero-order chi connectivity index (χ0) is 22.3. The van der Waals surface area contributed by atoms with E-state index in [0.29, 0.717) is 5.92 Å². The van der Waals surface area contributed by atoms with E-state index < -0.39 is 0 Å². The lowest BCUT2D eigenvalue weighted by molar-refractivity contribution is -0.185. The Bertz CT molecular complexity index is 849. The summed E-state index contributed by atoms with van der Waals surface area (Å²) in [6.45, 7) is 12.2. The van der Waals surface area contributed by atoms with Gasteiger partial charge in [-0.15, -0.1) is 0 Å². The highest BCUT2D eigenvalue weighted by atomic mass is 32.1. The second-order valence-electron chi connectivity index (χ2n) is 11.0. The maximum atomic E-state index is 6.18. The van der Waals surface area contributed by atoms with Gasteiger partial charge in [-0.3, -0.25) is 0 Å². The van der Waals surface area contributed by atoms with Crippen molar-refractivity contribution in [3.63, 3.8) is 0 Å². The molecule has 2 heterocycles. The number of benzene rings is 1. The Morgan fingerprint density at radius 2 is 1.47 bits per heavy atom. The fraction of sp³-hybridized carbons (Fsp3) is 0.667. The average Bonchev–Trinajstić information content (AvgIpc) is 3.14. The van der Waals surface area contributed by atoms with E-state index in [4.69, 9.17) is 12.2 Å². The molecule has 32 heavy (non-hydrogen) atoms. The molecule has 2 bridgehead atoms. The molecule has 174 valence electrons. The highest BCUT2D eigenvalue weighted by molar-refractivity contribution is 7.81. The summed E-state index contributed by atoms with van der Waals surface area (Å²) in [5.74, 6) is 0.517. The van der Waals surface area contributed by atoms with Crippen LogP contribution in [0.25, 0.3) is 0 Å². The zero-order valence-electron chi connectivity index (χ0n) is 20.2. The Kier molecular flexibility index (Phi) is 6.10. The van der Waals surface area contributed by atoms with Crippen LogP contribution in [0.4, 0.5) is 5.69 Å². The molecule has 5 rings (SSSR count). The van der Waals surface area contributed by atoms with Crippen molar-refractivity contribution in [3.05, 3.63) is 41.6 Å². The summed E-state index contributed by atoms with van der Waals surface area (Å²) in [7, 11) is 0. The first-order valence-electron chi connectivity index (χ1n) is 12.8. The van der Waals surface area contributed by atoms with Crippen molar-refractivity contribution >= 4 is 22.9 Å². The number of nitrogens with one attached hydrogen (secondary N) is 1. The van der Waals surface area contributed by atoms with Gasteiger partial charge in [0.25, 0.3) is 0 Å². The van der Waals surface area contributed by atoms with E-state index in [0.717, 1.165) is 36.9 Å². The lowest BCUT2D eigenvalue weighted by Gasteiger charge is -2.52. The predicted octanol–water partition coefficient (Wildman–Crippen LogP) is 6.24. The molecular weight excluding hydrogens is 412 g/mol. The molecule has 4 aliphatic rings. The molecular formula is C27H40N4S. The Labute approximate surface area is 200 Å². The van der Waals surface area contributed by atoms with E-state index in [1.807, 2.05) is 0 Å². The number of hydrogen-bond acceptors (Lipinski definition) is 4. The van der Waals surface area contributed by atoms with Crippen LogP contribution in [0, 0.1) is 16.7 Å². The summed E-state index contributed by atoms with van der Waals surface area (Å²) >= 11 is 6.18. The van der Waals surface area contributed by atoms with Gasteiger partial charge < -0.3 is 5.32 Å². The van der Waals surface area contributed by atoms with E-state index in [2.05, 4.69) is 71.6 Å². The molecule has 2 aliphatic heterocycles. The molecule has 1 aromatic rings. The van der Waals surface area contributed by atoms with Crippen LogP contribution in [0.15, 0.2) is 41.6 Å². The number of piperidine rings is 2. The average molecular weight is 453 g/mol. The predicted molar refractivity (Wildman–Crippen MR) is 137 cm³/mol. The number of rotatable bonds is 5. The summed E-state index contributed by atoms with van der Waals surface area (Å²) in [5, 5.41) is 11.6. The molecule has 1 aromatic carbocycles. The second-order valence-corrected chi connectivity index (χ2v) is 11.5. The highest BCUT2D eigenvalue weighted by Gasteiger charge is 2.63. The third-order valence-electron chi connectivity index (χ3n) is 9.03. The van der Waals surface area contributed by atoms with Crippen molar-refractivity contribution in [3.8, 4) is 0 Å². The SMILES string of the molecule is CC12CCC(C(C(=S)Nc3ccccc3)=C1N(N1CCCCC1)N1CCCCC1)C2(C)C. The number of fused-ring (bicyclic) bond motifs is 2. The maximum Gasteiger partial charge on any atom is 0.109 e. The van der Waals surface area contributed by atoms with Crippen LogP contribution in [0.2, 0.25) is 0 Å². The van der Waals surface area contributed by atoms with Gasteiger partial charge in [-0.2, -0.15) is 0 Å². The third-order valence-corrected chi connectivity index (χ3v) is 9.35. The minimum Gasteiger partial charge on any atom is -0.346 e. The Morgan fingerprint density at radius 1 is 0.906 bits per heavy atom. The van der Waals surface area contributed by atoms with Crippen LogP contribution in [0.5, 0.6) is 0 Å². The van der Waals surface area contributed by atoms with Gasteiger partial charge in [-0.25, -0.2) is 15.1 Å². The van der Waals surface area contributed by atoms with E-state index in [-0.39, 0.29) is 10.8 Å². The van der Waals surface area contributed by atoms with Crippen molar-refractivity contribution in [2.24, 2.45) is 16.7 Å². The van der Waals surface area contributed by atoms with Crippen LogP contribution in [-0.4, -0.2) is 46.3 Å². The quantitative estimate of drug-likeness (QED) is 0.532. The van der Waals surface area contributed by atoms with Crippen molar-refractivity contribution < 1.29 is 0 Å². The maximum absolute atomic E-state index is 6.18. The normalized spacial score (nSPS) is 30.5. The Balaban J connectivity index is 1.60.